The summed E-state index contributed by atoms with van der Waals surface area (Å²) in [5.74, 6) is -11.0. The number of rotatable bonds is 15. The number of unbranched alkanes of at least 4 members (excludes halogenated alkanes) is 7. The van der Waals surface area contributed by atoms with Crippen LogP contribution in [-0.2, 0) is 9.47 Å². The predicted octanol–water partition coefficient (Wildman–Crippen LogP) is 7.31. The first-order valence-corrected chi connectivity index (χ1v) is 10.6. The summed E-state index contributed by atoms with van der Waals surface area (Å²) in [6.07, 6.45) is 1.93. The zero-order chi connectivity index (χ0) is 21.8. The number of alkyl halides is 7. The average Bonchev–Trinajstić information content (AvgIpc) is 2.65. The van der Waals surface area contributed by atoms with E-state index in [1.165, 1.54) is 6.42 Å². The molecule has 0 aromatic heterocycles. The molecule has 29 heavy (non-hydrogen) atoms. The summed E-state index contributed by atoms with van der Waals surface area (Å²) in [5.41, 5.74) is 0. The Labute approximate surface area is 168 Å². The molecule has 1 atom stereocenters. The van der Waals surface area contributed by atoms with Crippen molar-refractivity contribution in [3.63, 3.8) is 0 Å². The molecule has 1 heterocycles. The predicted molar refractivity (Wildman–Crippen MR) is 96.5 cm³/mol. The molecule has 1 aliphatic rings. The molecule has 0 N–H and O–H groups in total. The maximum absolute atomic E-state index is 13.1. The SMILES string of the molecule is FC(F)(F)C(F)(F)C(F)(F)CCCCCCCCCCOCCC1CCCCO1. The van der Waals surface area contributed by atoms with Gasteiger partial charge in [-0.05, 0) is 38.5 Å². The van der Waals surface area contributed by atoms with Gasteiger partial charge in [0.25, 0.3) is 0 Å². The van der Waals surface area contributed by atoms with Gasteiger partial charge in [0.2, 0.25) is 0 Å². The Morgan fingerprint density at radius 2 is 1.31 bits per heavy atom. The fourth-order valence-corrected chi connectivity index (χ4v) is 3.33. The summed E-state index contributed by atoms with van der Waals surface area (Å²) in [5, 5.41) is 0. The normalized spacial score (nSPS) is 18.9. The first-order valence-electron chi connectivity index (χ1n) is 10.6. The number of ether oxygens (including phenoxy) is 2. The van der Waals surface area contributed by atoms with Crippen molar-refractivity contribution in [1.82, 2.24) is 0 Å². The van der Waals surface area contributed by atoms with Crippen LogP contribution >= 0.6 is 0 Å². The van der Waals surface area contributed by atoms with E-state index >= 15 is 0 Å². The van der Waals surface area contributed by atoms with Crippen LogP contribution in [0.3, 0.4) is 0 Å². The van der Waals surface area contributed by atoms with Crippen LogP contribution in [-0.4, -0.2) is 43.9 Å². The smallest absolute Gasteiger partial charge is 0.381 e. The summed E-state index contributed by atoms with van der Waals surface area (Å²) in [6.45, 7) is 2.23. The summed E-state index contributed by atoms with van der Waals surface area (Å²) in [6, 6.07) is 0. The second-order valence-electron chi connectivity index (χ2n) is 7.74. The Bertz CT molecular complexity index is 422. The average molecular weight is 438 g/mol. The molecule has 0 spiro atoms. The zero-order valence-corrected chi connectivity index (χ0v) is 16.9. The van der Waals surface area contributed by atoms with Crippen molar-refractivity contribution >= 4 is 0 Å². The number of hydrogen-bond donors (Lipinski definition) is 0. The Balaban J connectivity index is 1.91. The molecule has 1 rings (SSSR count). The number of halogens is 7. The highest BCUT2D eigenvalue weighted by atomic mass is 19.4. The van der Waals surface area contributed by atoms with Gasteiger partial charge in [0.05, 0.1) is 6.10 Å². The van der Waals surface area contributed by atoms with E-state index in [-0.39, 0.29) is 12.8 Å². The summed E-state index contributed by atoms with van der Waals surface area (Å²) in [4.78, 5) is 0. The molecule has 174 valence electrons. The van der Waals surface area contributed by atoms with Crippen molar-refractivity contribution in [2.45, 2.75) is 108 Å². The summed E-state index contributed by atoms with van der Waals surface area (Å²) in [7, 11) is 0. The second-order valence-corrected chi connectivity index (χ2v) is 7.74. The molecule has 0 aliphatic carbocycles. The highest BCUT2D eigenvalue weighted by Gasteiger charge is 2.72. The molecule has 0 amide bonds. The Hall–Kier alpha value is -0.570. The quantitative estimate of drug-likeness (QED) is 0.197. The van der Waals surface area contributed by atoms with E-state index in [1.54, 1.807) is 0 Å². The van der Waals surface area contributed by atoms with Crippen LogP contribution < -0.4 is 0 Å². The molecule has 0 aromatic carbocycles. The fraction of sp³-hybridized carbons (Fsp3) is 1.00. The Kier molecular flexibility index (Phi) is 11.8. The molecular weight excluding hydrogens is 405 g/mol. The van der Waals surface area contributed by atoms with Gasteiger partial charge in [-0.2, -0.15) is 30.7 Å². The van der Waals surface area contributed by atoms with E-state index in [0.717, 1.165) is 58.0 Å². The van der Waals surface area contributed by atoms with Crippen LogP contribution in [0.15, 0.2) is 0 Å². The minimum atomic E-state index is -6.23. The van der Waals surface area contributed by atoms with Crippen molar-refractivity contribution in [3.8, 4) is 0 Å². The first-order chi connectivity index (χ1) is 13.6. The van der Waals surface area contributed by atoms with Gasteiger partial charge in [0.1, 0.15) is 0 Å². The van der Waals surface area contributed by atoms with E-state index in [2.05, 4.69) is 0 Å². The van der Waals surface area contributed by atoms with Gasteiger partial charge in [0.15, 0.2) is 0 Å². The minimum Gasteiger partial charge on any atom is -0.381 e. The molecule has 9 heteroatoms. The summed E-state index contributed by atoms with van der Waals surface area (Å²) < 4.78 is 99.0. The van der Waals surface area contributed by atoms with Gasteiger partial charge < -0.3 is 9.47 Å². The lowest BCUT2D eigenvalue weighted by Crippen LogP contribution is -2.51. The maximum Gasteiger partial charge on any atom is 0.459 e. The molecule has 1 aliphatic heterocycles. The van der Waals surface area contributed by atoms with E-state index in [9.17, 15) is 30.7 Å². The maximum atomic E-state index is 13.1. The van der Waals surface area contributed by atoms with Crippen LogP contribution in [0.2, 0.25) is 0 Å². The first kappa shape index (κ1) is 26.5. The third kappa shape index (κ3) is 9.85. The standard InChI is InChI=1S/C20H33F7O2/c21-18(22,19(23,24)20(25,26)27)13-8-5-3-1-2-4-6-9-14-28-16-12-17-11-7-10-15-29-17/h17H,1-16H2. The molecule has 0 bridgehead atoms. The van der Waals surface area contributed by atoms with Gasteiger partial charge >= 0.3 is 18.0 Å². The highest BCUT2D eigenvalue weighted by Crippen LogP contribution is 2.48. The van der Waals surface area contributed by atoms with Gasteiger partial charge in [0, 0.05) is 26.2 Å². The van der Waals surface area contributed by atoms with Crippen LogP contribution in [0, 0.1) is 0 Å². The minimum absolute atomic E-state index is 0.218. The topological polar surface area (TPSA) is 18.5 Å². The largest absolute Gasteiger partial charge is 0.459 e. The van der Waals surface area contributed by atoms with E-state index in [0.29, 0.717) is 25.7 Å². The number of hydrogen-bond acceptors (Lipinski definition) is 2. The molecule has 0 aromatic rings. The molecule has 1 fully saturated rings. The van der Waals surface area contributed by atoms with Crippen LogP contribution in [0.25, 0.3) is 0 Å². The van der Waals surface area contributed by atoms with Gasteiger partial charge in [-0.1, -0.05) is 38.5 Å². The van der Waals surface area contributed by atoms with Crippen molar-refractivity contribution in [3.05, 3.63) is 0 Å². The lowest BCUT2D eigenvalue weighted by Gasteiger charge is -2.28. The van der Waals surface area contributed by atoms with E-state index in [1.807, 2.05) is 0 Å². The fourth-order valence-electron chi connectivity index (χ4n) is 3.33. The van der Waals surface area contributed by atoms with Crippen molar-refractivity contribution in [1.29, 1.82) is 0 Å². The Morgan fingerprint density at radius 1 is 0.724 bits per heavy atom. The molecule has 2 nitrogen and oxygen atoms in total. The monoisotopic (exact) mass is 438 g/mol. The lowest BCUT2D eigenvalue weighted by atomic mass is 10.0. The van der Waals surface area contributed by atoms with Crippen molar-refractivity contribution in [2.75, 3.05) is 19.8 Å². The van der Waals surface area contributed by atoms with Gasteiger partial charge in [-0.25, -0.2) is 0 Å². The lowest BCUT2D eigenvalue weighted by molar-refractivity contribution is -0.355. The van der Waals surface area contributed by atoms with Crippen LogP contribution in [0.4, 0.5) is 30.7 Å². The Morgan fingerprint density at radius 3 is 1.86 bits per heavy atom. The van der Waals surface area contributed by atoms with E-state index in [4.69, 9.17) is 9.47 Å². The van der Waals surface area contributed by atoms with Crippen molar-refractivity contribution in [2.24, 2.45) is 0 Å². The second kappa shape index (κ2) is 13.0. The zero-order valence-electron chi connectivity index (χ0n) is 16.9. The van der Waals surface area contributed by atoms with Gasteiger partial charge in [-0.3, -0.25) is 0 Å². The van der Waals surface area contributed by atoms with E-state index < -0.39 is 24.4 Å². The van der Waals surface area contributed by atoms with Crippen molar-refractivity contribution < 1.29 is 40.2 Å². The molecule has 0 saturated carbocycles. The molecular formula is C20H33F7O2. The highest BCUT2D eigenvalue weighted by molar-refractivity contribution is 4.90. The summed E-state index contributed by atoms with van der Waals surface area (Å²) >= 11 is 0. The third-order valence-corrected chi connectivity index (χ3v) is 5.20. The molecule has 1 saturated heterocycles. The molecule has 1 unspecified atom stereocenters. The van der Waals surface area contributed by atoms with Crippen LogP contribution in [0.5, 0.6) is 0 Å². The molecule has 0 radical (unpaired) electrons. The van der Waals surface area contributed by atoms with Gasteiger partial charge in [-0.15, -0.1) is 0 Å². The van der Waals surface area contributed by atoms with Crippen LogP contribution in [0.1, 0.15) is 83.5 Å². The third-order valence-electron chi connectivity index (χ3n) is 5.20.